The van der Waals surface area contributed by atoms with Crippen LogP contribution in [0.3, 0.4) is 0 Å². The molecule has 33 heavy (non-hydrogen) atoms. The summed E-state index contributed by atoms with van der Waals surface area (Å²) in [5.74, 6) is -0.254. The van der Waals surface area contributed by atoms with Gasteiger partial charge in [0.1, 0.15) is 5.84 Å². The van der Waals surface area contributed by atoms with E-state index in [1.54, 1.807) is 30.3 Å². The molecule has 1 aliphatic heterocycles. The van der Waals surface area contributed by atoms with Crippen LogP contribution in [0.1, 0.15) is 38.5 Å². The highest BCUT2D eigenvalue weighted by molar-refractivity contribution is 7.90. The zero-order valence-electron chi connectivity index (χ0n) is 18.1. The van der Waals surface area contributed by atoms with E-state index in [4.69, 9.17) is 4.42 Å². The lowest BCUT2D eigenvalue weighted by Crippen LogP contribution is -2.30. The molecule has 10 heteroatoms. The molecule has 2 aromatic carbocycles. The van der Waals surface area contributed by atoms with Crippen molar-refractivity contribution in [1.82, 2.24) is 9.29 Å². The molecular weight excluding hydrogens is 444 g/mol. The summed E-state index contributed by atoms with van der Waals surface area (Å²) in [5.41, 5.74) is 1.58. The number of nitrogens with zero attached hydrogens (tertiary/aromatic N) is 2. The zero-order valence-corrected chi connectivity index (χ0v) is 18.9. The average Bonchev–Trinajstić information content (AvgIpc) is 2.93. The summed E-state index contributed by atoms with van der Waals surface area (Å²) in [6.45, 7) is 0.957. The molecule has 1 aromatic heterocycles. The number of aryl methyl sites for hydroxylation is 1. The molecule has 0 unspecified atom stereocenters. The Labute approximate surface area is 191 Å². The number of amides is 1. The van der Waals surface area contributed by atoms with E-state index >= 15 is 0 Å². The molecule has 4 rings (SSSR count). The summed E-state index contributed by atoms with van der Waals surface area (Å²) in [4.78, 5) is 28.8. The van der Waals surface area contributed by atoms with E-state index in [2.05, 4.69) is 15.0 Å². The molecule has 2 heterocycles. The zero-order chi connectivity index (χ0) is 23.3. The molecule has 0 radical (unpaired) electrons. The lowest BCUT2D eigenvalue weighted by atomic mass is 10.2. The van der Waals surface area contributed by atoms with Crippen LogP contribution >= 0.6 is 0 Å². The fourth-order valence-electron chi connectivity index (χ4n) is 3.76. The van der Waals surface area contributed by atoms with Gasteiger partial charge in [0.2, 0.25) is 5.91 Å². The maximum absolute atomic E-state index is 12.7. The standard InChI is InChI=1S/C23H26N4O5S/c28-22(13-7-15-27-19-10-3-4-11-20(19)32-23(27)29)25-17-8-6-9-18(16-17)33(30,31)26-21-12-2-1-5-14-24-21/h3-4,6,8-11,16H,1-2,5,7,12-15H2,(H,24,26)(H,25,28). The highest BCUT2D eigenvalue weighted by Crippen LogP contribution is 2.17. The number of nitrogens with one attached hydrogen (secondary N) is 2. The van der Waals surface area contributed by atoms with Crippen molar-refractivity contribution in [3.63, 3.8) is 0 Å². The summed E-state index contributed by atoms with van der Waals surface area (Å²) in [7, 11) is -3.79. The van der Waals surface area contributed by atoms with Crippen molar-refractivity contribution >= 4 is 38.6 Å². The third-order valence-corrected chi connectivity index (χ3v) is 6.79. The maximum atomic E-state index is 12.7. The van der Waals surface area contributed by atoms with Gasteiger partial charge in [0.05, 0.1) is 10.4 Å². The second-order valence-electron chi connectivity index (χ2n) is 7.91. The van der Waals surface area contributed by atoms with Crippen LogP contribution in [0, 0.1) is 0 Å². The summed E-state index contributed by atoms with van der Waals surface area (Å²) in [6, 6.07) is 13.2. The highest BCUT2D eigenvalue weighted by Gasteiger charge is 2.18. The Morgan fingerprint density at radius 3 is 2.82 bits per heavy atom. The van der Waals surface area contributed by atoms with Crippen LogP contribution in [0.4, 0.5) is 5.69 Å². The quantitative estimate of drug-likeness (QED) is 0.549. The van der Waals surface area contributed by atoms with Gasteiger partial charge in [0, 0.05) is 31.6 Å². The Morgan fingerprint density at radius 1 is 1.09 bits per heavy atom. The average molecular weight is 471 g/mol. The van der Waals surface area contributed by atoms with Crippen molar-refractivity contribution in [2.45, 2.75) is 50.0 Å². The molecule has 2 N–H and O–H groups in total. The Hall–Kier alpha value is -3.40. The van der Waals surface area contributed by atoms with Gasteiger partial charge in [-0.05, 0) is 49.6 Å². The molecule has 0 fully saturated rings. The van der Waals surface area contributed by atoms with Crippen molar-refractivity contribution in [3.05, 3.63) is 59.1 Å². The first kappa shape index (κ1) is 22.8. The molecule has 0 bridgehead atoms. The maximum Gasteiger partial charge on any atom is 0.419 e. The Bertz CT molecular complexity index is 1340. The number of aromatic nitrogens is 1. The number of anilines is 1. The van der Waals surface area contributed by atoms with Crippen LogP contribution in [0.15, 0.2) is 67.6 Å². The van der Waals surface area contributed by atoms with Crippen LogP contribution in [0.2, 0.25) is 0 Å². The van der Waals surface area contributed by atoms with E-state index in [9.17, 15) is 18.0 Å². The fraction of sp³-hybridized carbons (Fsp3) is 0.348. The van der Waals surface area contributed by atoms with E-state index in [1.807, 2.05) is 6.07 Å². The van der Waals surface area contributed by atoms with Gasteiger partial charge >= 0.3 is 5.76 Å². The molecule has 174 valence electrons. The molecule has 1 aliphatic rings. The number of benzene rings is 2. The summed E-state index contributed by atoms with van der Waals surface area (Å²) in [5, 5.41) is 2.73. The van der Waals surface area contributed by atoms with Crippen LogP contribution in [-0.2, 0) is 21.4 Å². The van der Waals surface area contributed by atoms with E-state index in [-0.39, 0.29) is 17.2 Å². The number of hydrogen-bond acceptors (Lipinski definition) is 6. The predicted molar refractivity (Wildman–Crippen MR) is 126 cm³/mol. The third kappa shape index (κ3) is 5.70. The summed E-state index contributed by atoms with van der Waals surface area (Å²) >= 11 is 0. The van der Waals surface area contributed by atoms with Crippen LogP contribution in [-0.4, -0.2) is 31.3 Å². The lowest BCUT2D eigenvalue weighted by Gasteiger charge is -2.11. The van der Waals surface area contributed by atoms with Gasteiger partial charge in [-0.1, -0.05) is 24.6 Å². The minimum atomic E-state index is -3.79. The monoisotopic (exact) mass is 470 g/mol. The molecule has 0 saturated carbocycles. The highest BCUT2D eigenvalue weighted by atomic mass is 32.2. The van der Waals surface area contributed by atoms with Gasteiger partial charge in [-0.15, -0.1) is 0 Å². The largest absolute Gasteiger partial charge is 0.419 e. The number of fused-ring (bicyclic) bond motifs is 1. The molecule has 0 aliphatic carbocycles. The van der Waals surface area contributed by atoms with Gasteiger partial charge in [0.25, 0.3) is 10.0 Å². The van der Waals surface area contributed by atoms with Crippen molar-refractivity contribution in [3.8, 4) is 0 Å². The summed E-state index contributed by atoms with van der Waals surface area (Å²) in [6.07, 6.45) is 4.08. The van der Waals surface area contributed by atoms with Crippen molar-refractivity contribution in [1.29, 1.82) is 0 Å². The van der Waals surface area contributed by atoms with Crippen LogP contribution < -0.4 is 15.8 Å². The minimum absolute atomic E-state index is 0.0590. The first-order valence-electron chi connectivity index (χ1n) is 11.0. The number of carbonyl (C=O) groups excluding carboxylic acids is 1. The first-order chi connectivity index (χ1) is 15.9. The molecule has 1 amide bonds. The number of amidine groups is 1. The molecule has 0 saturated heterocycles. The number of carbonyl (C=O) groups is 1. The molecule has 9 nitrogen and oxygen atoms in total. The molecule has 0 atom stereocenters. The Morgan fingerprint density at radius 2 is 1.94 bits per heavy atom. The molecule has 0 spiro atoms. The van der Waals surface area contributed by atoms with Gasteiger partial charge in [-0.2, -0.15) is 0 Å². The van der Waals surface area contributed by atoms with Crippen LogP contribution in [0.25, 0.3) is 11.1 Å². The number of sulfonamides is 1. The smallest absolute Gasteiger partial charge is 0.408 e. The van der Waals surface area contributed by atoms with E-state index in [0.717, 1.165) is 19.3 Å². The first-order valence-corrected chi connectivity index (χ1v) is 12.5. The van der Waals surface area contributed by atoms with E-state index < -0.39 is 15.8 Å². The van der Waals surface area contributed by atoms with Crippen molar-refractivity contribution in [2.24, 2.45) is 4.99 Å². The fourth-order valence-corrected chi connectivity index (χ4v) is 4.89. The second kappa shape index (κ2) is 10.0. The SMILES string of the molecule is O=C(CCCn1c(=O)oc2ccccc21)Nc1cccc(S(=O)(=O)NC2=NCCCCC2)c1. The molecule has 3 aromatic rings. The van der Waals surface area contributed by atoms with Crippen molar-refractivity contribution < 1.29 is 17.6 Å². The van der Waals surface area contributed by atoms with Crippen molar-refractivity contribution in [2.75, 3.05) is 11.9 Å². The number of aliphatic imine (C=N–C) groups is 1. The van der Waals surface area contributed by atoms with Gasteiger partial charge in [-0.3, -0.25) is 19.1 Å². The normalized spacial score (nSPS) is 14.5. The number of rotatable bonds is 7. The Kier molecular flexibility index (Phi) is 6.93. The van der Waals surface area contributed by atoms with Gasteiger partial charge in [0.15, 0.2) is 5.58 Å². The van der Waals surface area contributed by atoms with Gasteiger partial charge < -0.3 is 9.73 Å². The second-order valence-corrected chi connectivity index (χ2v) is 9.59. The topological polar surface area (TPSA) is 123 Å². The molecular formula is C23H26N4O5S. The van der Waals surface area contributed by atoms with E-state index in [1.165, 1.54) is 16.7 Å². The third-order valence-electron chi connectivity index (χ3n) is 5.41. The Balaban J connectivity index is 1.35. The van der Waals surface area contributed by atoms with Crippen LogP contribution in [0.5, 0.6) is 0 Å². The number of para-hydroxylation sites is 2. The lowest BCUT2D eigenvalue weighted by molar-refractivity contribution is -0.116. The summed E-state index contributed by atoms with van der Waals surface area (Å²) < 4.78 is 34.8. The number of hydrogen-bond donors (Lipinski definition) is 2. The van der Waals surface area contributed by atoms with E-state index in [0.29, 0.717) is 48.6 Å². The minimum Gasteiger partial charge on any atom is -0.408 e. The van der Waals surface area contributed by atoms with Gasteiger partial charge in [-0.25, -0.2) is 13.2 Å². The predicted octanol–water partition coefficient (Wildman–Crippen LogP) is 3.26. The number of oxazole rings is 1.